The first-order chi connectivity index (χ1) is 5.29. The molecule has 2 atom stereocenters. The van der Waals surface area contributed by atoms with Gasteiger partial charge in [0, 0.05) is 18.4 Å². The highest BCUT2D eigenvalue weighted by molar-refractivity contribution is 4.89. The van der Waals surface area contributed by atoms with Crippen molar-refractivity contribution in [2.45, 2.75) is 25.8 Å². The fourth-order valence-corrected chi connectivity index (χ4v) is 1.65. The zero-order chi connectivity index (χ0) is 7.84. The third kappa shape index (κ3) is 0.914. The van der Waals surface area contributed by atoms with Crippen LogP contribution in [0.4, 0.5) is 0 Å². The number of imidazole rings is 1. The van der Waals surface area contributed by atoms with Crippen molar-refractivity contribution in [1.29, 1.82) is 0 Å². The van der Waals surface area contributed by atoms with Gasteiger partial charge in [0.1, 0.15) is 0 Å². The van der Waals surface area contributed by atoms with Gasteiger partial charge in [0.25, 0.3) is 0 Å². The number of hydrogen-bond acceptors (Lipinski definition) is 1. The van der Waals surface area contributed by atoms with Crippen LogP contribution in [0.3, 0.4) is 0 Å². The summed E-state index contributed by atoms with van der Waals surface area (Å²) >= 11 is 0. The molecular weight excluding hydrogens is 140 g/mol. The van der Waals surface area contributed by atoms with Gasteiger partial charge in [0.15, 0.2) is 0 Å². The smallest absolute Gasteiger partial charge is 0.313 e. The van der Waals surface area contributed by atoms with Crippen molar-refractivity contribution in [3.63, 3.8) is 0 Å². The Morgan fingerprint density at radius 2 is 2.45 bits per heavy atom. The van der Waals surface area contributed by atoms with Crippen LogP contribution < -0.4 is 5.69 Å². The Balaban J connectivity index is 2.29. The van der Waals surface area contributed by atoms with E-state index in [9.17, 15) is 4.79 Å². The molecular formula is C8H12N2O. The largest absolute Gasteiger partial charge is 0.325 e. The predicted molar refractivity (Wildman–Crippen MR) is 42.5 cm³/mol. The second-order valence-electron chi connectivity index (χ2n) is 3.29. The molecule has 0 saturated heterocycles. The Labute approximate surface area is 65.1 Å². The van der Waals surface area contributed by atoms with Crippen molar-refractivity contribution in [3.8, 4) is 0 Å². The Kier molecular flexibility index (Phi) is 1.37. The number of aromatic nitrogens is 2. The molecule has 1 aliphatic carbocycles. The van der Waals surface area contributed by atoms with Crippen molar-refractivity contribution in [2.24, 2.45) is 5.92 Å². The van der Waals surface area contributed by atoms with E-state index in [2.05, 4.69) is 11.9 Å². The fraction of sp³-hybridized carbons (Fsp3) is 0.625. The predicted octanol–water partition coefficient (Wildman–Crippen LogP) is 1.15. The van der Waals surface area contributed by atoms with Crippen molar-refractivity contribution in [2.75, 3.05) is 0 Å². The van der Waals surface area contributed by atoms with E-state index in [-0.39, 0.29) is 5.69 Å². The molecule has 1 heterocycles. The maximum atomic E-state index is 11.1. The molecule has 11 heavy (non-hydrogen) atoms. The molecule has 2 rings (SSSR count). The quantitative estimate of drug-likeness (QED) is 0.644. The highest BCUT2D eigenvalue weighted by Crippen LogP contribution is 2.36. The van der Waals surface area contributed by atoms with Crippen LogP contribution >= 0.6 is 0 Å². The van der Waals surface area contributed by atoms with E-state index in [1.54, 1.807) is 10.8 Å². The summed E-state index contributed by atoms with van der Waals surface area (Å²) < 4.78 is 1.80. The van der Waals surface area contributed by atoms with Crippen LogP contribution in [0.25, 0.3) is 0 Å². The first-order valence-corrected chi connectivity index (χ1v) is 4.04. The highest BCUT2D eigenvalue weighted by Gasteiger charge is 2.28. The molecule has 3 nitrogen and oxygen atoms in total. The average Bonchev–Trinajstić information content (AvgIpc) is 2.34. The lowest BCUT2D eigenvalue weighted by Crippen LogP contribution is -2.32. The lowest BCUT2D eigenvalue weighted by atomic mass is 9.81. The second-order valence-corrected chi connectivity index (χ2v) is 3.29. The fourth-order valence-electron chi connectivity index (χ4n) is 1.65. The summed E-state index contributed by atoms with van der Waals surface area (Å²) in [5, 5.41) is 0. The van der Waals surface area contributed by atoms with Gasteiger partial charge in [-0.25, -0.2) is 4.79 Å². The minimum absolute atomic E-state index is 0.0292. The third-order valence-corrected chi connectivity index (χ3v) is 2.61. The van der Waals surface area contributed by atoms with Crippen LogP contribution in [0, 0.1) is 5.92 Å². The monoisotopic (exact) mass is 152 g/mol. The van der Waals surface area contributed by atoms with Crippen molar-refractivity contribution in [1.82, 2.24) is 9.55 Å². The minimum atomic E-state index is 0.0292. The first kappa shape index (κ1) is 6.70. The molecule has 2 unspecified atom stereocenters. The molecule has 1 fully saturated rings. The van der Waals surface area contributed by atoms with Gasteiger partial charge in [-0.1, -0.05) is 6.92 Å². The van der Waals surface area contributed by atoms with E-state index in [0.29, 0.717) is 12.0 Å². The molecule has 0 aliphatic heterocycles. The van der Waals surface area contributed by atoms with Gasteiger partial charge in [0.05, 0.1) is 0 Å². The lowest BCUT2D eigenvalue weighted by molar-refractivity contribution is 0.197. The SMILES string of the molecule is CC1CCC1n1cc[nH]c1=O. The number of nitrogens with one attached hydrogen (secondary N) is 1. The van der Waals surface area contributed by atoms with Crippen LogP contribution in [0.5, 0.6) is 0 Å². The summed E-state index contributed by atoms with van der Waals surface area (Å²) in [5.74, 6) is 0.670. The highest BCUT2D eigenvalue weighted by atomic mass is 16.1. The molecule has 1 aromatic heterocycles. The van der Waals surface area contributed by atoms with Crippen LogP contribution in [-0.4, -0.2) is 9.55 Å². The summed E-state index contributed by atoms with van der Waals surface area (Å²) in [6, 6.07) is 0.453. The zero-order valence-electron chi connectivity index (χ0n) is 6.58. The summed E-state index contributed by atoms with van der Waals surface area (Å²) in [4.78, 5) is 13.8. The van der Waals surface area contributed by atoms with Crippen molar-refractivity contribution in [3.05, 3.63) is 22.9 Å². The van der Waals surface area contributed by atoms with Crippen LogP contribution in [0.1, 0.15) is 25.8 Å². The number of nitrogens with zero attached hydrogens (tertiary/aromatic N) is 1. The van der Waals surface area contributed by atoms with Gasteiger partial charge < -0.3 is 4.98 Å². The second kappa shape index (κ2) is 2.26. The van der Waals surface area contributed by atoms with Crippen LogP contribution in [0.15, 0.2) is 17.2 Å². The van der Waals surface area contributed by atoms with E-state index in [1.807, 2.05) is 6.20 Å². The topological polar surface area (TPSA) is 37.8 Å². The first-order valence-electron chi connectivity index (χ1n) is 4.04. The Morgan fingerprint density at radius 3 is 2.82 bits per heavy atom. The Bertz CT molecular complexity index is 299. The minimum Gasteiger partial charge on any atom is -0.313 e. The summed E-state index contributed by atoms with van der Waals surface area (Å²) in [6.07, 6.45) is 5.94. The van der Waals surface area contributed by atoms with E-state index in [1.165, 1.54) is 6.42 Å². The van der Waals surface area contributed by atoms with E-state index < -0.39 is 0 Å². The zero-order valence-corrected chi connectivity index (χ0v) is 6.58. The number of H-pyrrole nitrogens is 1. The molecule has 0 aromatic carbocycles. The normalized spacial score (nSPS) is 29.9. The molecule has 0 bridgehead atoms. The maximum absolute atomic E-state index is 11.1. The van der Waals surface area contributed by atoms with Crippen molar-refractivity contribution >= 4 is 0 Å². The van der Waals surface area contributed by atoms with E-state index in [4.69, 9.17) is 0 Å². The summed E-state index contributed by atoms with van der Waals surface area (Å²) in [6.45, 7) is 2.19. The third-order valence-electron chi connectivity index (χ3n) is 2.61. The molecule has 0 spiro atoms. The number of rotatable bonds is 1. The standard InChI is InChI=1S/C8H12N2O/c1-6-2-3-7(6)10-5-4-9-8(10)11/h4-7H,2-3H2,1H3,(H,9,11). The van der Waals surface area contributed by atoms with Crippen LogP contribution in [0.2, 0.25) is 0 Å². The number of hydrogen-bond donors (Lipinski definition) is 1. The van der Waals surface area contributed by atoms with E-state index in [0.717, 1.165) is 6.42 Å². The maximum Gasteiger partial charge on any atom is 0.325 e. The van der Waals surface area contributed by atoms with Gasteiger partial charge >= 0.3 is 5.69 Å². The van der Waals surface area contributed by atoms with E-state index >= 15 is 0 Å². The Hall–Kier alpha value is -0.990. The van der Waals surface area contributed by atoms with Gasteiger partial charge in [0.2, 0.25) is 0 Å². The molecule has 1 N–H and O–H groups in total. The average molecular weight is 152 g/mol. The molecule has 1 saturated carbocycles. The molecule has 0 radical (unpaired) electrons. The molecule has 60 valence electrons. The van der Waals surface area contributed by atoms with Gasteiger partial charge in [-0.15, -0.1) is 0 Å². The Morgan fingerprint density at radius 1 is 1.64 bits per heavy atom. The number of aromatic amines is 1. The van der Waals surface area contributed by atoms with Crippen LogP contribution in [-0.2, 0) is 0 Å². The molecule has 1 aliphatic rings. The lowest BCUT2D eigenvalue weighted by Gasteiger charge is -2.34. The molecule has 1 aromatic rings. The molecule has 0 amide bonds. The van der Waals surface area contributed by atoms with Gasteiger partial charge in [-0.05, 0) is 18.8 Å². The molecule has 3 heteroatoms. The van der Waals surface area contributed by atoms with Gasteiger partial charge in [-0.3, -0.25) is 4.57 Å². The van der Waals surface area contributed by atoms with Crippen molar-refractivity contribution < 1.29 is 0 Å². The summed E-state index contributed by atoms with van der Waals surface area (Å²) in [7, 11) is 0. The van der Waals surface area contributed by atoms with Gasteiger partial charge in [-0.2, -0.15) is 0 Å². The summed E-state index contributed by atoms with van der Waals surface area (Å²) in [5.41, 5.74) is 0.0292.